The summed E-state index contributed by atoms with van der Waals surface area (Å²) in [6.07, 6.45) is 2.82. The van der Waals surface area contributed by atoms with Crippen molar-refractivity contribution in [2.24, 2.45) is 0 Å². The number of nitrogens with one attached hydrogen (secondary N) is 1. The van der Waals surface area contributed by atoms with Crippen LogP contribution in [0.25, 0.3) is 0 Å². The maximum absolute atomic E-state index is 12.0. The molecule has 0 radical (unpaired) electrons. The van der Waals surface area contributed by atoms with Crippen molar-refractivity contribution >= 4 is 39.2 Å². The summed E-state index contributed by atoms with van der Waals surface area (Å²) < 4.78 is 1.85. The average Bonchev–Trinajstić information content (AvgIpc) is 2.79. The summed E-state index contributed by atoms with van der Waals surface area (Å²) in [7, 11) is 0. The van der Waals surface area contributed by atoms with Gasteiger partial charge in [0.15, 0.2) is 0 Å². The Morgan fingerprint density at radius 3 is 2.85 bits per heavy atom. The number of nitrogen functional groups attached to an aromatic ring is 1. The lowest BCUT2D eigenvalue weighted by molar-refractivity contribution is -0.137. The van der Waals surface area contributed by atoms with Gasteiger partial charge in [0.05, 0.1) is 11.9 Å². The highest BCUT2D eigenvalue weighted by molar-refractivity contribution is 9.10. The van der Waals surface area contributed by atoms with Crippen LogP contribution in [0.5, 0.6) is 0 Å². The summed E-state index contributed by atoms with van der Waals surface area (Å²) in [6.45, 7) is -0.261. The molecule has 0 bridgehead atoms. The molecule has 1 amide bonds. The van der Waals surface area contributed by atoms with Crippen molar-refractivity contribution in [1.29, 1.82) is 0 Å². The fourth-order valence-corrected chi connectivity index (χ4v) is 1.90. The lowest BCUT2D eigenvalue weighted by Gasteiger charge is -2.04. The van der Waals surface area contributed by atoms with Gasteiger partial charge in [0.25, 0.3) is 5.91 Å². The molecule has 1 aromatic heterocycles. The minimum atomic E-state index is -1.01. The van der Waals surface area contributed by atoms with E-state index in [2.05, 4.69) is 26.3 Å². The summed E-state index contributed by atoms with van der Waals surface area (Å²) in [6, 6.07) is 4.82. The molecule has 104 valence electrons. The minimum Gasteiger partial charge on any atom is -0.480 e. The number of hydrogen-bond acceptors (Lipinski definition) is 4. The molecule has 2 rings (SSSR count). The Balaban J connectivity index is 2.09. The third kappa shape index (κ3) is 3.35. The van der Waals surface area contributed by atoms with Gasteiger partial charge in [0.1, 0.15) is 6.54 Å². The van der Waals surface area contributed by atoms with Gasteiger partial charge in [0.2, 0.25) is 0 Å². The highest BCUT2D eigenvalue weighted by Gasteiger charge is 2.10. The van der Waals surface area contributed by atoms with Gasteiger partial charge in [-0.1, -0.05) is 0 Å². The summed E-state index contributed by atoms with van der Waals surface area (Å²) in [5, 5.41) is 15.1. The standard InChI is InChI=1S/C12H11BrN4O3/c13-9-3-7(1-2-10(9)14)12(20)16-8-4-15-17(5-8)6-11(18)19/h1-5H,6,14H2,(H,16,20)(H,18,19). The second kappa shape index (κ2) is 5.74. The summed E-state index contributed by atoms with van der Waals surface area (Å²) >= 11 is 3.24. The molecule has 7 nitrogen and oxygen atoms in total. The molecule has 8 heteroatoms. The Labute approximate surface area is 122 Å². The number of hydrogen-bond donors (Lipinski definition) is 3. The van der Waals surface area contributed by atoms with E-state index in [9.17, 15) is 9.59 Å². The molecule has 0 fully saturated rings. The molecule has 0 aliphatic rings. The van der Waals surface area contributed by atoms with Gasteiger partial charge in [-0.25, -0.2) is 0 Å². The Kier molecular flexibility index (Phi) is 4.04. The van der Waals surface area contributed by atoms with Gasteiger partial charge < -0.3 is 16.2 Å². The molecule has 4 N–H and O–H groups in total. The Morgan fingerprint density at radius 1 is 1.45 bits per heavy atom. The van der Waals surface area contributed by atoms with E-state index < -0.39 is 5.97 Å². The van der Waals surface area contributed by atoms with Gasteiger partial charge >= 0.3 is 5.97 Å². The largest absolute Gasteiger partial charge is 0.480 e. The quantitative estimate of drug-likeness (QED) is 0.733. The number of carbonyl (C=O) groups excluding carboxylic acids is 1. The number of nitrogens with zero attached hydrogens (tertiary/aromatic N) is 2. The molecule has 0 spiro atoms. The SMILES string of the molecule is Nc1ccc(C(=O)Nc2cnn(CC(=O)O)c2)cc1Br. The molecular formula is C12H11BrN4O3. The van der Waals surface area contributed by atoms with Crippen LogP contribution in [0.3, 0.4) is 0 Å². The number of aromatic nitrogens is 2. The molecule has 1 aromatic carbocycles. The molecule has 0 atom stereocenters. The van der Waals surface area contributed by atoms with Gasteiger partial charge in [0, 0.05) is 21.9 Å². The van der Waals surface area contributed by atoms with Crippen molar-refractivity contribution in [3.63, 3.8) is 0 Å². The molecule has 0 aliphatic heterocycles. The molecule has 0 saturated carbocycles. The average molecular weight is 339 g/mol. The molecule has 2 aromatic rings. The van der Waals surface area contributed by atoms with Crippen LogP contribution >= 0.6 is 15.9 Å². The second-order valence-corrected chi connectivity index (χ2v) is 4.87. The van der Waals surface area contributed by atoms with Crippen LogP contribution in [0.15, 0.2) is 35.1 Å². The van der Waals surface area contributed by atoms with Crippen LogP contribution in [-0.2, 0) is 11.3 Å². The molecule has 1 heterocycles. The lowest BCUT2D eigenvalue weighted by Crippen LogP contribution is -2.12. The zero-order valence-electron chi connectivity index (χ0n) is 10.2. The number of anilines is 2. The number of rotatable bonds is 4. The summed E-state index contributed by atoms with van der Waals surface area (Å²) in [5.74, 6) is -1.34. The van der Waals surface area contributed by atoms with Crippen molar-refractivity contribution in [1.82, 2.24) is 9.78 Å². The Hall–Kier alpha value is -2.35. The van der Waals surface area contributed by atoms with Crippen LogP contribution in [0.1, 0.15) is 10.4 Å². The van der Waals surface area contributed by atoms with E-state index in [1.54, 1.807) is 18.2 Å². The molecule has 0 aliphatic carbocycles. The monoisotopic (exact) mass is 338 g/mol. The maximum atomic E-state index is 12.0. The number of carboxylic acid groups (broad SMARTS) is 1. The number of benzene rings is 1. The Morgan fingerprint density at radius 2 is 2.20 bits per heavy atom. The summed E-state index contributed by atoms with van der Waals surface area (Å²) in [5.41, 5.74) is 7.03. The first-order valence-electron chi connectivity index (χ1n) is 5.56. The molecule has 0 saturated heterocycles. The first-order valence-corrected chi connectivity index (χ1v) is 6.35. The van der Waals surface area contributed by atoms with E-state index in [0.29, 0.717) is 21.4 Å². The number of carbonyl (C=O) groups is 2. The fraction of sp³-hybridized carbons (Fsp3) is 0.0833. The first-order chi connectivity index (χ1) is 9.45. The van der Waals surface area contributed by atoms with Gasteiger partial charge in [-0.15, -0.1) is 0 Å². The third-order valence-corrected chi connectivity index (χ3v) is 3.14. The predicted octanol–water partition coefficient (Wildman–Crippen LogP) is 1.56. The molecule has 20 heavy (non-hydrogen) atoms. The van der Waals surface area contributed by atoms with E-state index in [4.69, 9.17) is 10.8 Å². The minimum absolute atomic E-state index is 0.261. The Bertz CT molecular complexity index is 668. The zero-order valence-corrected chi connectivity index (χ0v) is 11.8. The van der Waals surface area contributed by atoms with Crippen LogP contribution < -0.4 is 11.1 Å². The fourth-order valence-electron chi connectivity index (χ4n) is 1.52. The number of nitrogens with two attached hydrogens (primary N) is 1. The van der Waals surface area contributed by atoms with E-state index in [-0.39, 0.29) is 12.5 Å². The number of aliphatic carboxylic acids is 1. The van der Waals surface area contributed by atoms with Gasteiger partial charge in [-0.05, 0) is 34.1 Å². The second-order valence-electron chi connectivity index (χ2n) is 4.01. The number of amides is 1. The maximum Gasteiger partial charge on any atom is 0.325 e. The first kappa shape index (κ1) is 14.1. The molecule has 0 unspecified atom stereocenters. The lowest BCUT2D eigenvalue weighted by atomic mass is 10.2. The highest BCUT2D eigenvalue weighted by atomic mass is 79.9. The number of carboxylic acids is 1. The van der Waals surface area contributed by atoms with Crippen molar-refractivity contribution in [3.05, 3.63) is 40.6 Å². The predicted molar refractivity (Wildman–Crippen MR) is 76.4 cm³/mol. The van der Waals surface area contributed by atoms with Crippen LogP contribution in [0.4, 0.5) is 11.4 Å². The van der Waals surface area contributed by atoms with E-state index in [1.165, 1.54) is 17.1 Å². The highest BCUT2D eigenvalue weighted by Crippen LogP contribution is 2.21. The van der Waals surface area contributed by atoms with Crippen LogP contribution in [0, 0.1) is 0 Å². The van der Waals surface area contributed by atoms with Crippen LogP contribution in [-0.4, -0.2) is 26.8 Å². The topological polar surface area (TPSA) is 110 Å². The van der Waals surface area contributed by atoms with Crippen molar-refractivity contribution in [3.8, 4) is 0 Å². The van der Waals surface area contributed by atoms with Crippen molar-refractivity contribution in [2.75, 3.05) is 11.1 Å². The normalized spacial score (nSPS) is 10.2. The van der Waals surface area contributed by atoms with Gasteiger partial charge in [-0.2, -0.15) is 5.10 Å². The number of halogens is 1. The molecular weight excluding hydrogens is 328 g/mol. The summed E-state index contributed by atoms with van der Waals surface area (Å²) in [4.78, 5) is 22.5. The van der Waals surface area contributed by atoms with Crippen molar-refractivity contribution in [2.45, 2.75) is 6.54 Å². The van der Waals surface area contributed by atoms with Gasteiger partial charge in [-0.3, -0.25) is 14.3 Å². The third-order valence-electron chi connectivity index (χ3n) is 2.45. The van der Waals surface area contributed by atoms with Crippen LogP contribution in [0.2, 0.25) is 0 Å². The van der Waals surface area contributed by atoms with E-state index in [0.717, 1.165) is 0 Å². The smallest absolute Gasteiger partial charge is 0.325 e. The van der Waals surface area contributed by atoms with E-state index >= 15 is 0 Å². The van der Waals surface area contributed by atoms with E-state index in [1.807, 2.05) is 0 Å². The van der Waals surface area contributed by atoms with Crippen molar-refractivity contribution < 1.29 is 14.7 Å². The zero-order chi connectivity index (χ0) is 14.7.